The third kappa shape index (κ3) is 2.93. The molecule has 0 saturated heterocycles. The van der Waals surface area contributed by atoms with Crippen molar-refractivity contribution in [3.05, 3.63) is 24.2 Å². The van der Waals surface area contributed by atoms with Gasteiger partial charge in [-0.1, -0.05) is 6.92 Å². The molecule has 0 saturated carbocycles. The Kier molecular flexibility index (Phi) is 3.72. The average molecular weight is 198 g/mol. The predicted molar refractivity (Wildman–Crippen MR) is 45.4 cm³/mol. The molecule has 5 heteroatoms. The first-order valence-corrected chi connectivity index (χ1v) is 4.10. The van der Waals surface area contributed by atoms with Crippen LogP contribution in [-0.2, 0) is 14.3 Å². The van der Waals surface area contributed by atoms with Gasteiger partial charge in [0, 0.05) is 6.42 Å². The average Bonchev–Trinajstić information content (AvgIpc) is 2.70. The first-order chi connectivity index (χ1) is 6.74. The van der Waals surface area contributed by atoms with Gasteiger partial charge in [0.1, 0.15) is 0 Å². The molecule has 0 aliphatic rings. The zero-order valence-electron chi connectivity index (χ0n) is 7.69. The second-order valence-corrected chi connectivity index (χ2v) is 2.40. The van der Waals surface area contributed by atoms with Gasteiger partial charge in [-0.25, -0.2) is 4.79 Å². The molecule has 1 rings (SSSR count). The van der Waals surface area contributed by atoms with Crippen molar-refractivity contribution in [3.63, 3.8) is 0 Å². The van der Waals surface area contributed by atoms with Gasteiger partial charge < -0.3 is 13.9 Å². The smallest absolute Gasteiger partial charge is 0.377 e. The number of carbonyl (C=O) groups excluding carboxylic acids is 2. The maximum absolute atomic E-state index is 11.1. The van der Waals surface area contributed by atoms with E-state index in [1.54, 1.807) is 13.0 Å². The molecular formula is C9H10O5. The molecule has 1 aromatic rings. The van der Waals surface area contributed by atoms with Crippen LogP contribution in [0.15, 0.2) is 22.8 Å². The van der Waals surface area contributed by atoms with Gasteiger partial charge in [0.2, 0.25) is 12.6 Å². The molecule has 0 aliphatic heterocycles. The van der Waals surface area contributed by atoms with E-state index in [-0.39, 0.29) is 19.0 Å². The SMILES string of the molecule is CCC(=O)OCOC(=O)c1ccco1. The number of hydrogen-bond donors (Lipinski definition) is 0. The first-order valence-electron chi connectivity index (χ1n) is 4.10. The molecule has 0 N–H and O–H groups in total. The number of rotatable bonds is 4. The minimum absolute atomic E-state index is 0.0811. The van der Waals surface area contributed by atoms with Crippen molar-refractivity contribution in [2.75, 3.05) is 6.79 Å². The summed E-state index contributed by atoms with van der Waals surface area (Å²) in [5.41, 5.74) is 0. The van der Waals surface area contributed by atoms with Crippen molar-refractivity contribution in [1.29, 1.82) is 0 Å². The second kappa shape index (κ2) is 5.06. The lowest BCUT2D eigenvalue weighted by Gasteiger charge is -2.02. The number of furan rings is 1. The topological polar surface area (TPSA) is 65.7 Å². The molecule has 0 fully saturated rings. The van der Waals surface area contributed by atoms with Gasteiger partial charge in [0.25, 0.3) is 0 Å². The zero-order valence-corrected chi connectivity index (χ0v) is 7.69. The molecule has 0 radical (unpaired) electrons. The molecule has 0 atom stereocenters. The fourth-order valence-corrected chi connectivity index (χ4v) is 0.717. The van der Waals surface area contributed by atoms with Crippen LogP contribution in [0.2, 0.25) is 0 Å². The summed E-state index contributed by atoms with van der Waals surface area (Å²) < 4.78 is 13.9. The van der Waals surface area contributed by atoms with Gasteiger partial charge in [0.15, 0.2) is 0 Å². The third-order valence-corrected chi connectivity index (χ3v) is 1.42. The van der Waals surface area contributed by atoms with Crippen molar-refractivity contribution in [2.45, 2.75) is 13.3 Å². The predicted octanol–water partition coefficient (Wildman–Crippen LogP) is 1.35. The van der Waals surface area contributed by atoms with Gasteiger partial charge in [-0.3, -0.25) is 4.79 Å². The van der Waals surface area contributed by atoms with E-state index in [2.05, 4.69) is 9.47 Å². The molecule has 14 heavy (non-hydrogen) atoms. The van der Waals surface area contributed by atoms with Crippen LogP contribution in [0.4, 0.5) is 0 Å². The standard InChI is InChI=1S/C9H10O5/c1-2-8(10)13-6-14-9(11)7-4-3-5-12-7/h3-5H,2,6H2,1H3. The summed E-state index contributed by atoms with van der Waals surface area (Å²) in [6.07, 6.45) is 1.60. The molecular weight excluding hydrogens is 188 g/mol. The Morgan fingerprint density at radius 1 is 1.43 bits per heavy atom. The molecule has 76 valence electrons. The van der Waals surface area contributed by atoms with Crippen LogP contribution in [0.1, 0.15) is 23.9 Å². The Morgan fingerprint density at radius 2 is 2.21 bits per heavy atom. The first kappa shape index (κ1) is 10.3. The molecule has 1 heterocycles. The maximum Gasteiger partial charge on any atom is 0.377 e. The maximum atomic E-state index is 11.1. The molecule has 0 spiro atoms. The number of hydrogen-bond acceptors (Lipinski definition) is 5. The minimum atomic E-state index is -0.654. The summed E-state index contributed by atoms with van der Waals surface area (Å²) in [5, 5.41) is 0. The molecule has 0 aliphatic carbocycles. The fraction of sp³-hybridized carbons (Fsp3) is 0.333. The Bertz CT molecular complexity index is 301. The van der Waals surface area contributed by atoms with Gasteiger partial charge >= 0.3 is 11.9 Å². The van der Waals surface area contributed by atoms with Crippen LogP contribution >= 0.6 is 0 Å². The van der Waals surface area contributed by atoms with Gasteiger partial charge in [-0.2, -0.15) is 0 Å². The minimum Gasteiger partial charge on any atom is -0.457 e. The lowest BCUT2D eigenvalue weighted by molar-refractivity contribution is -0.151. The Hall–Kier alpha value is -1.78. The van der Waals surface area contributed by atoms with Crippen LogP contribution in [0.5, 0.6) is 0 Å². The third-order valence-electron chi connectivity index (χ3n) is 1.42. The van der Waals surface area contributed by atoms with Crippen LogP contribution in [0, 0.1) is 0 Å². The van der Waals surface area contributed by atoms with Crippen LogP contribution in [0.25, 0.3) is 0 Å². The highest BCUT2D eigenvalue weighted by Crippen LogP contribution is 2.02. The summed E-state index contributed by atoms with van der Waals surface area (Å²) in [4.78, 5) is 21.7. The molecule has 0 unspecified atom stereocenters. The Labute approximate surface area is 80.6 Å². The van der Waals surface area contributed by atoms with E-state index < -0.39 is 11.9 Å². The van der Waals surface area contributed by atoms with Crippen molar-refractivity contribution in [2.24, 2.45) is 0 Å². The molecule has 0 amide bonds. The van der Waals surface area contributed by atoms with Crippen molar-refractivity contribution in [1.82, 2.24) is 0 Å². The van der Waals surface area contributed by atoms with E-state index in [4.69, 9.17) is 4.42 Å². The van der Waals surface area contributed by atoms with E-state index in [1.165, 1.54) is 12.3 Å². The normalized spacial score (nSPS) is 9.50. The number of ether oxygens (including phenoxy) is 2. The van der Waals surface area contributed by atoms with Gasteiger partial charge in [-0.15, -0.1) is 0 Å². The highest BCUT2D eigenvalue weighted by molar-refractivity contribution is 5.86. The van der Waals surface area contributed by atoms with Crippen LogP contribution in [-0.4, -0.2) is 18.7 Å². The summed E-state index contributed by atoms with van der Waals surface area (Å²) in [7, 11) is 0. The molecule has 0 bridgehead atoms. The quantitative estimate of drug-likeness (QED) is 0.539. The largest absolute Gasteiger partial charge is 0.457 e. The number of esters is 2. The fourth-order valence-electron chi connectivity index (χ4n) is 0.717. The van der Waals surface area contributed by atoms with Gasteiger partial charge in [0.05, 0.1) is 6.26 Å². The summed E-state index contributed by atoms with van der Waals surface area (Å²) in [6, 6.07) is 3.03. The summed E-state index contributed by atoms with van der Waals surface area (Å²) in [5.74, 6) is -0.992. The van der Waals surface area contributed by atoms with Crippen LogP contribution < -0.4 is 0 Å². The molecule has 0 aromatic carbocycles. The lowest BCUT2D eigenvalue weighted by Crippen LogP contribution is -2.11. The lowest BCUT2D eigenvalue weighted by atomic mass is 10.5. The monoisotopic (exact) mass is 198 g/mol. The summed E-state index contributed by atoms with van der Waals surface area (Å²) in [6.45, 7) is 1.27. The summed E-state index contributed by atoms with van der Waals surface area (Å²) >= 11 is 0. The highest BCUT2D eigenvalue weighted by Gasteiger charge is 2.10. The van der Waals surface area contributed by atoms with Crippen molar-refractivity contribution >= 4 is 11.9 Å². The Morgan fingerprint density at radius 3 is 2.79 bits per heavy atom. The van der Waals surface area contributed by atoms with E-state index in [0.29, 0.717) is 0 Å². The van der Waals surface area contributed by atoms with E-state index >= 15 is 0 Å². The second-order valence-electron chi connectivity index (χ2n) is 2.40. The zero-order chi connectivity index (χ0) is 10.4. The number of carbonyl (C=O) groups is 2. The molecule has 5 nitrogen and oxygen atoms in total. The van der Waals surface area contributed by atoms with Crippen molar-refractivity contribution in [3.8, 4) is 0 Å². The molecule has 1 aromatic heterocycles. The Balaban J connectivity index is 2.26. The van der Waals surface area contributed by atoms with Gasteiger partial charge in [-0.05, 0) is 12.1 Å². The highest BCUT2D eigenvalue weighted by atomic mass is 16.7. The van der Waals surface area contributed by atoms with Crippen LogP contribution in [0.3, 0.4) is 0 Å². The van der Waals surface area contributed by atoms with E-state index in [1.807, 2.05) is 0 Å². The van der Waals surface area contributed by atoms with E-state index in [9.17, 15) is 9.59 Å². The van der Waals surface area contributed by atoms with Crippen molar-refractivity contribution < 1.29 is 23.5 Å². The van der Waals surface area contributed by atoms with E-state index in [0.717, 1.165) is 0 Å².